The first kappa shape index (κ1) is 17.9. The largest absolute Gasteiger partial charge is 0.394 e. The molecule has 2 aliphatic heterocycles. The number of piperidine rings is 1. The number of nitrogens with zero attached hydrogens (tertiary/aromatic N) is 3. The Kier molecular flexibility index (Phi) is 4.62. The quantitative estimate of drug-likeness (QED) is 0.893. The molecule has 138 valence electrons. The fourth-order valence-electron chi connectivity index (χ4n) is 4.37. The average molecular weight is 349 g/mol. The number of carbonyl (C=O) groups excluding carboxylic acids is 2. The zero-order valence-corrected chi connectivity index (χ0v) is 15.2. The molecule has 0 radical (unpaired) electrons. The van der Waals surface area contributed by atoms with Crippen LogP contribution in [0.1, 0.15) is 56.3 Å². The van der Waals surface area contributed by atoms with Crippen molar-refractivity contribution >= 4 is 11.8 Å². The van der Waals surface area contributed by atoms with Gasteiger partial charge in [0.15, 0.2) is 0 Å². The third-order valence-electron chi connectivity index (χ3n) is 5.87. The second-order valence-electron chi connectivity index (χ2n) is 7.77. The van der Waals surface area contributed by atoms with Gasteiger partial charge >= 0.3 is 0 Å². The molecule has 0 aromatic carbocycles. The summed E-state index contributed by atoms with van der Waals surface area (Å²) in [5.74, 6) is 0.179. The number of aliphatic hydroxyl groups is 1. The van der Waals surface area contributed by atoms with Gasteiger partial charge in [-0.2, -0.15) is 0 Å². The summed E-state index contributed by atoms with van der Waals surface area (Å²) in [7, 11) is 0. The molecule has 3 rings (SSSR count). The molecule has 1 N–H and O–H groups in total. The highest BCUT2D eigenvalue weighted by Gasteiger charge is 2.52. The monoisotopic (exact) mass is 349 g/mol. The van der Waals surface area contributed by atoms with Gasteiger partial charge in [0, 0.05) is 32.6 Å². The molecule has 2 saturated heterocycles. The van der Waals surface area contributed by atoms with Crippen molar-refractivity contribution in [2.45, 2.75) is 52.0 Å². The summed E-state index contributed by atoms with van der Waals surface area (Å²) in [5, 5.41) is 13.7. The average Bonchev–Trinajstić information content (AvgIpc) is 3.19. The summed E-state index contributed by atoms with van der Waals surface area (Å²) in [6, 6.07) is 1.71. The minimum atomic E-state index is -0.501. The molecule has 1 aromatic heterocycles. The number of likely N-dealkylation sites (tertiary alicyclic amines) is 2. The maximum atomic E-state index is 12.6. The smallest absolute Gasteiger partial charge is 0.292 e. The van der Waals surface area contributed by atoms with E-state index in [0.29, 0.717) is 25.4 Å². The van der Waals surface area contributed by atoms with Gasteiger partial charge in [-0.1, -0.05) is 12.1 Å². The Hall–Kier alpha value is -1.89. The Balaban J connectivity index is 1.67. The van der Waals surface area contributed by atoms with Gasteiger partial charge in [-0.05, 0) is 38.0 Å². The number of amides is 2. The van der Waals surface area contributed by atoms with Gasteiger partial charge in [-0.3, -0.25) is 9.59 Å². The second-order valence-corrected chi connectivity index (χ2v) is 7.77. The molecule has 2 aliphatic rings. The van der Waals surface area contributed by atoms with Crippen molar-refractivity contribution in [3.05, 3.63) is 17.5 Å². The molecule has 25 heavy (non-hydrogen) atoms. The van der Waals surface area contributed by atoms with E-state index >= 15 is 0 Å². The van der Waals surface area contributed by atoms with Crippen LogP contribution in [0.2, 0.25) is 0 Å². The number of rotatable bonds is 3. The summed E-state index contributed by atoms with van der Waals surface area (Å²) in [5.41, 5.74) is 0.262. The highest BCUT2D eigenvalue weighted by molar-refractivity contribution is 5.91. The van der Waals surface area contributed by atoms with E-state index in [2.05, 4.69) is 5.16 Å². The zero-order valence-electron chi connectivity index (χ0n) is 15.2. The van der Waals surface area contributed by atoms with Gasteiger partial charge in [0.1, 0.15) is 0 Å². The molecule has 2 fully saturated rings. The molecule has 1 aromatic rings. The summed E-state index contributed by atoms with van der Waals surface area (Å²) in [6.45, 7) is 7.36. The number of aromatic nitrogens is 1. The van der Waals surface area contributed by atoms with Gasteiger partial charge in [0.05, 0.1) is 17.8 Å². The van der Waals surface area contributed by atoms with Crippen molar-refractivity contribution in [1.29, 1.82) is 0 Å². The van der Waals surface area contributed by atoms with Crippen LogP contribution in [-0.2, 0) is 11.2 Å². The molecule has 7 nitrogen and oxygen atoms in total. The third kappa shape index (κ3) is 3.17. The number of aliphatic hydroxyl groups excluding tert-OH is 1. The number of hydrogen-bond donors (Lipinski definition) is 1. The lowest BCUT2D eigenvalue weighted by molar-refractivity contribution is -0.134. The highest BCUT2D eigenvalue weighted by atomic mass is 16.5. The first-order valence-electron chi connectivity index (χ1n) is 8.96. The molecule has 7 heteroatoms. The maximum absolute atomic E-state index is 12.6. The normalized spacial score (nSPS) is 25.6. The van der Waals surface area contributed by atoms with Crippen molar-refractivity contribution in [2.75, 3.05) is 26.2 Å². The molecule has 0 saturated carbocycles. The van der Waals surface area contributed by atoms with Crippen molar-refractivity contribution < 1.29 is 19.2 Å². The summed E-state index contributed by atoms with van der Waals surface area (Å²) >= 11 is 0. The first-order valence-corrected chi connectivity index (χ1v) is 8.96. The lowest BCUT2D eigenvalue weighted by Gasteiger charge is -2.39. The fourth-order valence-corrected chi connectivity index (χ4v) is 4.37. The van der Waals surface area contributed by atoms with E-state index in [1.54, 1.807) is 22.8 Å². The van der Waals surface area contributed by atoms with Gasteiger partial charge in [-0.25, -0.2) is 0 Å². The van der Waals surface area contributed by atoms with Crippen molar-refractivity contribution in [1.82, 2.24) is 15.0 Å². The van der Waals surface area contributed by atoms with Crippen LogP contribution in [0.15, 0.2) is 10.6 Å². The third-order valence-corrected chi connectivity index (χ3v) is 5.87. The van der Waals surface area contributed by atoms with Crippen LogP contribution in [-0.4, -0.2) is 63.7 Å². The predicted octanol–water partition coefficient (Wildman–Crippen LogP) is 1.46. The predicted molar refractivity (Wildman–Crippen MR) is 90.9 cm³/mol. The first-order chi connectivity index (χ1) is 11.8. The van der Waals surface area contributed by atoms with E-state index in [1.165, 1.54) is 0 Å². The number of carbonyl (C=O) groups is 2. The van der Waals surface area contributed by atoms with E-state index in [0.717, 1.165) is 31.4 Å². The molecular weight excluding hydrogens is 322 g/mol. The van der Waals surface area contributed by atoms with E-state index in [-0.39, 0.29) is 23.8 Å². The van der Waals surface area contributed by atoms with E-state index in [9.17, 15) is 14.7 Å². The standard InChI is InChI=1S/C18H27N3O4/c1-4-14-9-15(25-19-14)16(24)20-7-5-18(6-8-20)10-17(3,12-22)21(11-18)13(2)23/h9,22H,4-8,10-12H2,1-3H3/t17-/m0/s1. The lowest BCUT2D eigenvalue weighted by Crippen LogP contribution is -2.46. The molecule has 0 unspecified atom stereocenters. The van der Waals surface area contributed by atoms with Crippen molar-refractivity contribution in [2.24, 2.45) is 5.41 Å². The van der Waals surface area contributed by atoms with Crippen LogP contribution in [0.4, 0.5) is 0 Å². The second kappa shape index (κ2) is 6.44. The molecule has 1 atom stereocenters. The SMILES string of the molecule is CCc1cc(C(=O)N2CCC3(CC2)CN(C(C)=O)[C@](C)(CO)C3)on1. The maximum Gasteiger partial charge on any atom is 0.292 e. The Morgan fingerprint density at radius 1 is 1.36 bits per heavy atom. The molecule has 2 amide bonds. The summed E-state index contributed by atoms with van der Waals surface area (Å²) < 4.78 is 5.16. The Morgan fingerprint density at radius 2 is 2.04 bits per heavy atom. The van der Waals surface area contributed by atoms with Crippen molar-refractivity contribution in [3.8, 4) is 0 Å². The van der Waals surface area contributed by atoms with E-state index < -0.39 is 5.54 Å². The molecule has 0 aliphatic carbocycles. The van der Waals surface area contributed by atoms with Crippen molar-refractivity contribution in [3.63, 3.8) is 0 Å². The zero-order chi connectivity index (χ0) is 18.2. The highest BCUT2D eigenvalue weighted by Crippen LogP contribution is 2.48. The van der Waals surface area contributed by atoms with Crippen LogP contribution < -0.4 is 0 Å². The fraction of sp³-hybridized carbons (Fsp3) is 0.722. The van der Waals surface area contributed by atoms with Crippen LogP contribution in [0.5, 0.6) is 0 Å². The van der Waals surface area contributed by atoms with E-state index in [1.807, 2.05) is 13.8 Å². The number of aryl methyl sites for hydroxylation is 1. The molecule has 3 heterocycles. The van der Waals surface area contributed by atoms with Crippen LogP contribution >= 0.6 is 0 Å². The minimum Gasteiger partial charge on any atom is -0.394 e. The molecule has 0 bridgehead atoms. The van der Waals surface area contributed by atoms with Gasteiger partial charge in [0.25, 0.3) is 5.91 Å². The lowest BCUT2D eigenvalue weighted by atomic mass is 9.74. The Labute approximate surface area is 147 Å². The van der Waals surface area contributed by atoms with Crippen LogP contribution in [0.3, 0.4) is 0 Å². The Bertz CT molecular complexity index is 663. The minimum absolute atomic E-state index is 0.000635. The summed E-state index contributed by atoms with van der Waals surface area (Å²) in [6.07, 6.45) is 3.17. The molecular formula is C18H27N3O4. The van der Waals surface area contributed by atoms with Crippen LogP contribution in [0, 0.1) is 5.41 Å². The summed E-state index contributed by atoms with van der Waals surface area (Å²) in [4.78, 5) is 28.1. The van der Waals surface area contributed by atoms with Crippen LogP contribution in [0.25, 0.3) is 0 Å². The molecule has 1 spiro atoms. The van der Waals surface area contributed by atoms with Gasteiger partial charge < -0.3 is 19.4 Å². The van der Waals surface area contributed by atoms with Gasteiger partial charge in [0.2, 0.25) is 11.7 Å². The van der Waals surface area contributed by atoms with Gasteiger partial charge in [-0.15, -0.1) is 0 Å². The van der Waals surface area contributed by atoms with E-state index in [4.69, 9.17) is 4.52 Å². The number of hydrogen-bond acceptors (Lipinski definition) is 5. The Morgan fingerprint density at radius 3 is 2.52 bits per heavy atom. The topological polar surface area (TPSA) is 86.9 Å².